The lowest BCUT2D eigenvalue weighted by molar-refractivity contribution is -0.167. The molecule has 0 aliphatic heterocycles. The fraction of sp³-hybridized carbons (Fsp3) is 0.627. The number of hydrogen-bond acceptors (Lipinski definition) is 6. The van der Waals surface area contributed by atoms with Crippen molar-refractivity contribution in [1.29, 1.82) is 0 Å². The molecule has 0 aliphatic rings. The molecule has 0 aliphatic carbocycles. The predicted octanol–water partition coefficient (Wildman–Crippen LogP) is 20.2. The number of rotatable bonds is 52. The maximum atomic E-state index is 12.9. The first-order valence-electron chi connectivity index (χ1n) is 29.7. The van der Waals surface area contributed by atoms with Gasteiger partial charge in [-0.05, 0) is 135 Å². The van der Waals surface area contributed by atoms with Gasteiger partial charge in [0.05, 0.1) is 0 Å². The van der Waals surface area contributed by atoms with Crippen LogP contribution in [0.3, 0.4) is 0 Å². The van der Waals surface area contributed by atoms with Gasteiger partial charge in [-0.1, -0.05) is 231 Å². The Bertz CT molecular complexity index is 1580. The van der Waals surface area contributed by atoms with Crippen LogP contribution in [0.4, 0.5) is 0 Å². The molecule has 0 aromatic heterocycles. The molecule has 412 valence electrons. The summed E-state index contributed by atoms with van der Waals surface area (Å²) in [5.41, 5.74) is 0. The molecule has 1 atom stereocenters. The van der Waals surface area contributed by atoms with E-state index in [1.165, 1.54) is 51.4 Å². The monoisotopic (exact) mass is 1010 g/mol. The third-order valence-corrected chi connectivity index (χ3v) is 12.1. The zero-order valence-electron chi connectivity index (χ0n) is 47.1. The fourth-order valence-electron chi connectivity index (χ4n) is 7.72. The molecular formula is C67H108O6. The van der Waals surface area contributed by atoms with Gasteiger partial charge in [0.25, 0.3) is 0 Å². The van der Waals surface area contributed by atoms with Gasteiger partial charge in [0.15, 0.2) is 6.10 Å². The molecule has 0 radical (unpaired) electrons. The molecule has 0 amide bonds. The van der Waals surface area contributed by atoms with Gasteiger partial charge in [0.1, 0.15) is 13.2 Å². The highest BCUT2D eigenvalue weighted by Gasteiger charge is 2.19. The first-order chi connectivity index (χ1) is 36.0. The van der Waals surface area contributed by atoms with Crippen molar-refractivity contribution in [2.24, 2.45) is 0 Å². The van der Waals surface area contributed by atoms with Crippen molar-refractivity contribution in [1.82, 2.24) is 0 Å². The molecule has 1 unspecified atom stereocenters. The van der Waals surface area contributed by atoms with Crippen LogP contribution in [0.2, 0.25) is 0 Å². The van der Waals surface area contributed by atoms with Gasteiger partial charge in [0.2, 0.25) is 0 Å². The van der Waals surface area contributed by atoms with Crippen molar-refractivity contribution in [3.63, 3.8) is 0 Å². The van der Waals surface area contributed by atoms with E-state index in [0.717, 1.165) is 154 Å². The van der Waals surface area contributed by atoms with E-state index in [4.69, 9.17) is 14.2 Å². The molecule has 0 saturated carbocycles. The van der Waals surface area contributed by atoms with Gasteiger partial charge in [0, 0.05) is 19.3 Å². The van der Waals surface area contributed by atoms with E-state index >= 15 is 0 Å². The summed E-state index contributed by atoms with van der Waals surface area (Å²) in [7, 11) is 0. The lowest BCUT2D eigenvalue weighted by atomic mass is 10.1. The largest absolute Gasteiger partial charge is 0.462 e. The number of carbonyl (C=O) groups is 3. The van der Waals surface area contributed by atoms with E-state index in [1.807, 2.05) is 0 Å². The highest BCUT2D eigenvalue weighted by molar-refractivity contribution is 5.71. The zero-order chi connectivity index (χ0) is 52.9. The van der Waals surface area contributed by atoms with Crippen LogP contribution in [-0.2, 0) is 28.6 Å². The minimum Gasteiger partial charge on any atom is -0.462 e. The molecule has 0 aromatic carbocycles. The van der Waals surface area contributed by atoms with Gasteiger partial charge in [-0.15, -0.1) is 0 Å². The summed E-state index contributed by atoms with van der Waals surface area (Å²) in [5.74, 6) is -0.972. The molecule has 0 N–H and O–H groups in total. The Morgan fingerprint density at radius 1 is 0.288 bits per heavy atom. The Morgan fingerprint density at radius 2 is 0.534 bits per heavy atom. The van der Waals surface area contributed by atoms with Gasteiger partial charge in [-0.2, -0.15) is 0 Å². The average Bonchev–Trinajstić information content (AvgIpc) is 3.39. The van der Waals surface area contributed by atoms with Crippen LogP contribution in [-0.4, -0.2) is 37.2 Å². The Hall–Kier alpha value is -4.45. The number of carbonyl (C=O) groups excluding carboxylic acids is 3. The number of hydrogen-bond donors (Lipinski definition) is 0. The molecule has 6 heteroatoms. The van der Waals surface area contributed by atoms with Crippen molar-refractivity contribution in [3.05, 3.63) is 134 Å². The van der Waals surface area contributed by atoms with Crippen LogP contribution in [0, 0.1) is 0 Å². The maximum Gasteiger partial charge on any atom is 0.306 e. The molecule has 6 nitrogen and oxygen atoms in total. The van der Waals surface area contributed by atoms with E-state index in [0.29, 0.717) is 19.3 Å². The summed E-state index contributed by atoms with van der Waals surface area (Å²) in [6.45, 7) is 6.35. The average molecular weight is 1010 g/mol. The number of unbranched alkanes of at least 4 members (excludes halogenated alkanes) is 19. The van der Waals surface area contributed by atoms with E-state index in [-0.39, 0.29) is 37.5 Å². The van der Waals surface area contributed by atoms with Crippen molar-refractivity contribution in [2.75, 3.05) is 13.2 Å². The maximum absolute atomic E-state index is 12.9. The topological polar surface area (TPSA) is 78.9 Å². The van der Waals surface area contributed by atoms with E-state index in [9.17, 15) is 14.4 Å². The van der Waals surface area contributed by atoms with Crippen LogP contribution in [0.1, 0.15) is 252 Å². The summed E-state index contributed by atoms with van der Waals surface area (Å²) in [6.07, 6.45) is 84.4. The minimum absolute atomic E-state index is 0.109. The van der Waals surface area contributed by atoms with E-state index in [1.54, 1.807) is 0 Å². The lowest BCUT2D eigenvalue weighted by Gasteiger charge is -2.18. The quantitative estimate of drug-likeness (QED) is 0.0261. The Kier molecular flexibility index (Phi) is 56.4. The molecule has 0 heterocycles. The summed E-state index contributed by atoms with van der Waals surface area (Å²) in [5, 5.41) is 0. The van der Waals surface area contributed by atoms with Gasteiger partial charge >= 0.3 is 17.9 Å². The molecule has 0 fully saturated rings. The molecule has 0 aromatic rings. The first-order valence-corrected chi connectivity index (χ1v) is 29.7. The highest BCUT2D eigenvalue weighted by atomic mass is 16.6. The highest BCUT2D eigenvalue weighted by Crippen LogP contribution is 2.13. The summed E-state index contributed by atoms with van der Waals surface area (Å²) >= 11 is 0. The van der Waals surface area contributed by atoms with Crippen molar-refractivity contribution < 1.29 is 28.6 Å². The molecular weight excluding hydrogens is 901 g/mol. The summed E-state index contributed by atoms with van der Waals surface area (Å²) in [6, 6.07) is 0. The number of ether oxygens (including phenoxy) is 3. The second-order valence-electron chi connectivity index (χ2n) is 19.1. The Morgan fingerprint density at radius 3 is 0.849 bits per heavy atom. The molecule has 0 rings (SSSR count). The van der Waals surface area contributed by atoms with Gasteiger partial charge in [-0.25, -0.2) is 0 Å². The Balaban J connectivity index is 4.51. The standard InChI is InChI=1S/C67H108O6/c1-4-7-10-13-16-19-22-25-28-30-32-33-35-36-39-42-45-48-51-54-57-60-66(69)72-63-64(62-71-65(68)59-56-53-50-47-44-41-38-27-24-21-18-15-12-9-6-3)73-67(70)61-58-55-52-49-46-43-40-37-34-31-29-26-23-20-17-14-11-8-5-2/h8-9,11-12,17-18,20-22,25-27,29-30,32,34-38,43,46,64H,4-7,10,13-16,19,23-24,28,31,33,39-42,44-45,47-63H2,1-3H3/b11-8-,12-9-,20-17-,21-18-,25-22-,29-26-,32-30-,36-35-,37-34-,38-27-,46-43-. The second kappa shape index (κ2) is 60.1. The third kappa shape index (κ3) is 58.3. The molecule has 0 bridgehead atoms. The summed E-state index contributed by atoms with van der Waals surface area (Å²) < 4.78 is 16.8. The minimum atomic E-state index is -0.815. The molecule has 73 heavy (non-hydrogen) atoms. The van der Waals surface area contributed by atoms with Crippen molar-refractivity contribution in [3.8, 4) is 0 Å². The van der Waals surface area contributed by atoms with Gasteiger partial charge in [-0.3, -0.25) is 14.4 Å². The smallest absolute Gasteiger partial charge is 0.306 e. The summed E-state index contributed by atoms with van der Waals surface area (Å²) in [4.78, 5) is 38.2. The third-order valence-electron chi connectivity index (χ3n) is 12.1. The van der Waals surface area contributed by atoms with Gasteiger partial charge < -0.3 is 14.2 Å². The number of esters is 3. The van der Waals surface area contributed by atoms with Crippen LogP contribution in [0.15, 0.2) is 134 Å². The number of allylic oxidation sites excluding steroid dienone is 22. The second-order valence-corrected chi connectivity index (χ2v) is 19.1. The SMILES string of the molecule is CC/C=C\C/C=C\C/C=C\C/C=C\C/C=C\CCCCCC(=O)OC(COC(=O)CCCCCCC/C=C\C/C=C\C/C=C\CC)COC(=O)CCCCCCCC/C=C\C/C=C\C/C=C\CCCCCCC. The predicted molar refractivity (Wildman–Crippen MR) is 316 cm³/mol. The zero-order valence-corrected chi connectivity index (χ0v) is 47.1. The van der Waals surface area contributed by atoms with Crippen LogP contribution in [0.25, 0.3) is 0 Å². The normalized spacial score (nSPS) is 13.1. The molecule has 0 saturated heterocycles. The van der Waals surface area contributed by atoms with Crippen molar-refractivity contribution in [2.45, 2.75) is 258 Å². The van der Waals surface area contributed by atoms with Crippen LogP contribution >= 0.6 is 0 Å². The van der Waals surface area contributed by atoms with Crippen molar-refractivity contribution >= 4 is 17.9 Å². The molecule has 0 spiro atoms. The Labute approximate surface area is 449 Å². The lowest BCUT2D eigenvalue weighted by Crippen LogP contribution is -2.30. The van der Waals surface area contributed by atoms with E-state index in [2.05, 4.69) is 154 Å². The van der Waals surface area contributed by atoms with Crippen LogP contribution in [0.5, 0.6) is 0 Å². The first kappa shape index (κ1) is 68.6. The van der Waals surface area contributed by atoms with E-state index < -0.39 is 6.10 Å². The fourth-order valence-corrected chi connectivity index (χ4v) is 7.72. The van der Waals surface area contributed by atoms with Crippen LogP contribution < -0.4 is 0 Å².